The summed E-state index contributed by atoms with van der Waals surface area (Å²) in [6.07, 6.45) is 2.69. The molecule has 2 bridgehead atoms. The molecule has 2 saturated heterocycles. The average Bonchev–Trinajstić information content (AvgIpc) is 2.60. The fourth-order valence-electron chi connectivity index (χ4n) is 3.04. The van der Waals surface area contributed by atoms with Gasteiger partial charge in [-0.25, -0.2) is 0 Å². The van der Waals surface area contributed by atoms with Gasteiger partial charge in [-0.15, -0.1) is 0 Å². The predicted octanol–water partition coefficient (Wildman–Crippen LogP) is 1.49. The molecular formula is C13H26N2O. The van der Waals surface area contributed by atoms with Crippen LogP contribution in [-0.4, -0.2) is 49.3 Å². The molecule has 2 heterocycles. The molecule has 0 aliphatic carbocycles. The monoisotopic (exact) mass is 226 g/mol. The smallest absolute Gasteiger partial charge is 0.0750 e. The highest BCUT2D eigenvalue weighted by Gasteiger charge is 2.34. The first-order valence-electron chi connectivity index (χ1n) is 6.70. The summed E-state index contributed by atoms with van der Waals surface area (Å²) in [5, 5.41) is 3.72. The van der Waals surface area contributed by atoms with Crippen molar-refractivity contribution in [2.24, 2.45) is 5.92 Å². The van der Waals surface area contributed by atoms with E-state index in [0.29, 0.717) is 0 Å². The van der Waals surface area contributed by atoms with E-state index in [2.05, 4.69) is 31.0 Å². The van der Waals surface area contributed by atoms with E-state index in [1.165, 1.54) is 32.5 Å². The fourth-order valence-corrected chi connectivity index (χ4v) is 3.04. The van der Waals surface area contributed by atoms with E-state index in [1.807, 2.05) is 0 Å². The summed E-state index contributed by atoms with van der Waals surface area (Å²) in [6, 6.07) is 0.721. The summed E-state index contributed by atoms with van der Waals surface area (Å²) in [7, 11) is 0. The molecule has 0 radical (unpaired) electrons. The predicted molar refractivity (Wildman–Crippen MR) is 66.7 cm³/mol. The standard InChI is InChI=1S/C13H26N2O/c1-4-16-13(2,3)10-14-12-6-8-15-7-5-11(12)9-15/h11-12,14H,4-10H2,1-3H3. The molecule has 1 N–H and O–H groups in total. The van der Waals surface area contributed by atoms with E-state index < -0.39 is 0 Å². The van der Waals surface area contributed by atoms with Gasteiger partial charge in [-0.1, -0.05) is 0 Å². The molecule has 0 spiro atoms. The maximum absolute atomic E-state index is 5.73. The van der Waals surface area contributed by atoms with Crippen LogP contribution in [0.3, 0.4) is 0 Å². The van der Waals surface area contributed by atoms with Gasteiger partial charge in [-0.05, 0) is 52.6 Å². The Morgan fingerprint density at radius 1 is 1.31 bits per heavy atom. The number of nitrogens with one attached hydrogen (secondary N) is 1. The molecular weight excluding hydrogens is 200 g/mol. The highest BCUT2D eigenvalue weighted by molar-refractivity contribution is 4.91. The minimum atomic E-state index is -0.0233. The summed E-state index contributed by atoms with van der Waals surface area (Å²) in [5.74, 6) is 0.881. The maximum Gasteiger partial charge on any atom is 0.0750 e. The van der Waals surface area contributed by atoms with Gasteiger partial charge >= 0.3 is 0 Å². The van der Waals surface area contributed by atoms with Crippen molar-refractivity contribution in [3.8, 4) is 0 Å². The normalized spacial score (nSPS) is 34.3. The molecule has 3 unspecified atom stereocenters. The van der Waals surface area contributed by atoms with Crippen molar-refractivity contribution >= 4 is 0 Å². The summed E-state index contributed by atoms with van der Waals surface area (Å²) in [4.78, 5) is 2.59. The zero-order chi connectivity index (χ0) is 11.6. The van der Waals surface area contributed by atoms with E-state index in [1.54, 1.807) is 0 Å². The third kappa shape index (κ3) is 2.96. The van der Waals surface area contributed by atoms with Crippen LogP contribution >= 0.6 is 0 Å². The topological polar surface area (TPSA) is 24.5 Å². The van der Waals surface area contributed by atoms with Crippen LogP contribution in [0.1, 0.15) is 33.6 Å². The van der Waals surface area contributed by atoms with Crippen molar-refractivity contribution in [2.75, 3.05) is 32.8 Å². The zero-order valence-electron chi connectivity index (χ0n) is 11.0. The Labute approximate surface area is 99.5 Å². The van der Waals surface area contributed by atoms with Crippen LogP contribution < -0.4 is 5.32 Å². The van der Waals surface area contributed by atoms with E-state index in [0.717, 1.165) is 25.1 Å². The van der Waals surface area contributed by atoms with E-state index in [4.69, 9.17) is 4.74 Å². The van der Waals surface area contributed by atoms with Crippen LogP contribution in [0.5, 0.6) is 0 Å². The molecule has 2 rings (SSSR count). The third-order valence-electron chi connectivity index (χ3n) is 3.96. The van der Waals surface area contributed by atoms with Crippen molar-refractivity contribution in [1.82, 2.24) is 10.2 Å². The van der Waals surface area contributed by atoms with E-state index in [-0.39, 0.29) is 5.60 Å². The highest BCUT2D eigenvalue weighted by Crippen LogP contribution is 2.27. The molecule has 2 aliphatic rings. The van der Waals surface area contributed by atoms with Crippen LogP contribution in [-0.2, 0) is 4.74 Å². The number of nitrogens with zero attached hydrogens (tertiary/aromatic N) is 1. The fraction of sp³-hybridized carbons (Fsp3) is 1.00. The SMILES string of the molecule is CCOC(C)(C)CNC1CCN2CCC1C2. The second-order valence-corrected chi connectivity index (χ2v) is 5.82. The summed E-state index contributed by atoms with van der Waals surface area (Å²) in [6.45, 7) is 12.1. The van der Waals surface area contributed by atoms with Gasteiger partial charge in [-0.3, -0.25) is 0 Å². The molecule has 3 heteroatoms. The molecule has 0 amide bonds. The van der Waals surface area contributed by atoms with Crippen molar-refractivity contribution in [2.45, 2.75) is 45.3 Å². The van der Waals surface area contributed by atoms with Crippen molar-refractivity contribution < 1.29 is 4.74 Å². The number of hydrogen-bond acceptors (Lipinski definition) is 3. The lowest BCUT2D eigenvalue weighted by atomic mass is 9.93. The lowest BCUT2D eigenvalue weighted by Gasteiger charge is -2.34. The van der Waals surface area contributed by atoms with Crippen molar-refractivity contribution in [3.05, 3.63) is 0 Å². The minimum Gasteiger partial charge on any atom is -0.375 e. The molecule has 2 aliphatic heterocycles. The van der Waals surface area contributed by atoms with Crippen molar-refractivity contribution in [1.29, 1.82) is 0 Å². The van der Waals surface area contributed by atoms with Crippen LogP contribution in [0.15, 0.2) is 0 Å². The van der Waals surface area contributed by atoms with Gasteiger partial charge in [0.05, 0.1) is 5.60 Å². The first-order chi connectivity index (χ1) is 7.61. The second kappa shape index (κ2) is 5.03. The molecule has 0 aromatic heterocycles. The first-order valence-corrected chi connectivity index (χ1v) is 6.70. The number of ether oxygens (including phenoxy) is 1. The Morgan fingerprint density at radius 2 is 2.06 bits per heavy atom. The quantitative estimate of drug-likeness (QED) is 0.768. The van der Waals surface area contributed by atoms with Gasteiger partial charge in [0.1, 0.15) is 0 Å². The van der Waals surface area contributed by atoms with E-state index >= 15 is 0 Å². The Balaban J connectivity index is 1.77. The Bertz CT molecular complexity index is 230. The van der Waals surface area contributed by atoms with Crippen LogP contribution in [0.2, 0.25) is 0 Å². The number of rotatable bonds is 5. The largest absolute Gasteiger partial charge is 0.375 e. The molecule has 3 atom stereocenters. The lowest BCUT2D eigenvalue weighted by molar-refractivity contribution is -0.0127. The maximum atomic E-state index is 5.73. The zero-order valence-corrected chi connectivity index (χ0v) is 11.0. The molecule has 2 fully saturated rings. The van der Waals surface area contributed by atoms with Gasteiger partial charge in [0, 0.05) is 25.7 Å². The molecule has 94 valence electrons. The van der Waals surface area contributed by atoms with Crippen LogP contribution in [0, 0.1) is 5.92 Å². The molecule has 0 saturated carbocycles. The van der Waals surface area contributed by atoms with Crippen LogP contribution in [0.4, 0.5) is 0 Å². The molecule has 3 nitrogen and oxygen atoms in total. The highest BCUT2D eigenvalue weighted by atomic mass is 16.5. The first kappa shape index (κ1) is 12.3. The van der Waals surface area contributed by atoms with Gasteiger partial charge < -0.3 is 15.0 Å². The number of fused-ring (bicyclic) bond motifs is 2. The van der Waals surface area contributed by atoms with Gasteiger partial charge in [-0.2, -0.15) is 0 Å². The number of hydrogen-bond donors (Lipinski definition) is 1. The summed E-state index contributed by atoms with van der Waals surface area (Å²) >= 11 is 0. The minimum absolute atomic E-state index is 0.0233. The summed E-state index contributed by atoms with van der Waals surface area (Å²) in [5.41, 5.74) is -0.0233. The lowest BCUT2D eigenvalue weighted by Crippen LogP contribution is -2.49. The molecule has 16 heavy (non-hydrogen) atoms. The third-order valence-corrected chi connectivity index (χ3v) is 3.96. The van der Waals surface area contributed by atoms with E-state index in [9.17, 15) is 0 Å². The average molecular weight is 226 g/mol. The number of piperidine rings is 1. The van der Waals surface area contributed by atoms with Gasteiger partial charge in [0.25, 0.3) is 0 Å². The molecule has 0 aromatic carbocycles. The van der Waals surface area contributed by atoms with Crippen LogP contribution in [0.25, 0.3) is 0 Å². The van der Waals surface area contributed by atoms with Crippen molar-refractivity contribution in [3.63, 3.8) is 0 Å². The van der Waals surface area contributed by atoms with Gasteiger partial charge in [0.15, 0.2) is 0 Å². The Kier molecular flexibility index (Phi) is 3.88. The second-order valence-electron chi connectivity index (χ2n) is 5.82. The molecule has 0 aromatic rings. The summed E-state index contributed by atoms with van der Waals surface area (Å²) < 4.78 is 5.73. The Hall–Kier alpha value is -0.120. The Morgan fingerprint density at radius 3 is 2.81 bits per heavy atom. The van der Waals surface area contributed by atoms with Gasteiger partial charge in [0.2, 0.25) is 0 Å².